The van der Waals surface area contributed by atoms with Gasteiger partial charge in [0.25, 0.3) is 0 Å². The van der Waals surface area contributed by atoms with Crippen molar-refractivity contribution in [3.63, 3.8) is 0 Å². The summed E-state index contributed by atoms with van der Waals surface area (Å²) in [6, 6.07) is 6.94. The number of halogens is 1. The van der Waals surface area contributed by atoms with Crippen molar-refractivity contribution >= 4 is 27.5 Å². The lowest BCUT2D eigenvalue weighted by Gasteiger charge is -2.14. The number of aromatic nitrogens is 1. The van der Waals surface area contributed by atoms with Crippen LogP contribution in [0.25, 0.3) is 0 Å². The molecule has 0 bridgehead atoms. The second-order valence-corrected chi connectivity index (χ2v) is 7.78. The van der Waals surface area contributed by atoms with Crippen molar-refractivity contribution in [3.05, 3.63) is 46.3 Å². The molecule has 2 aromatic rings. The predicted octanol–water partition coefficient (Wildman–Crippen LogP) is 2.49. The minimum atomic E-state index is -3.76. The van der Waals surface area contributed by atoms with Crippen LogP contribution in [-0.2, 0) is 14.8 Å². The molecule has 1 aromatic heterocycles. The Morgan fingerprint density at radius 3 is 2.48 bits per heavy atom. The molecule has 25 heavy (non-hydrogen) atoms. The topological polar surface area (TPSA) is 101 Å². The number of hydrogen-bond acceptors (Lipinski definition) is 5. The molecule has 0 spiro atoms. The highest BCUT2D eigenvalue weighted by Crippen LogP contribution is 2.18. The van der Waals surface area contributed by atoms with Gasteiger partial charge in [-0.1, -0.05) is 28.9 Å². The number of carbonyl (C=O) groups is 1. The number of rotatable bonds is 7. The zero-order valence-electron chi connectivity index (χ0n) is 14.2. The van der Waals surface area contributed by atoms with Crippen LogP contribution >= 0.6 is 11.6 Å². The van der Waals surface area contributed by atoms with E-state index in [1.807, 2.05) is 19.1 Å². The van der Waals surface area contributed by atoms with Gasteiger partial charge in [-0.3, -0.25) is 4.79 Å². The molecular weight excluding hydrogens is 366 g/mol. The summed E-state index contributed by atoms with van der Waals surface area (Å²) in [6.07, 6.45) is 0.0144. The van der Waals surface area contributed by atoms with Gasteiger partial charge in [-0.25, -0.2) is 13.1 Å². The minimum Gasteiger partial charge on any atom is -0.360 e. The Labute approximate surface area is 151 Å². The number of nitrogens with one attached hydrogen (secondary N) is 2. The highest BCUT2D eigenvalue weighted by Gasteiger charge is 2.24. The third-order valence-electron chi connectivity index (χ3n) is 3.63. The minimum absolute atomic E-state index is 0.0144. The van der Waals surface area contributed by atoms with E-state index in [0.29, 0.717) is 5.02 Å². The summed E-state index contributed by atoms with van der Waals surface area (Å²) in [5, 5.41) is 7.05. The fraction of sp³-hybridized carbons (Fsp3) is 0.375. The Hall–Kier alpha value is -1.90. The quantitative estimate of drug-likeness (QED) is 0.762. The number of benzene rings is 1. The fourth-order valence-corrected chi connectivity index (χ4v) is 3.86. The highest BCUT2D eigenvalue weighted by atomic mass is 35.5. The van der Waals surface area contributed by atoms with E-state index in [0.717, 1.165) is 5.56 Å². The van der Waals surface area contributed by atoms with Crippen molar-refractivity contribution in [1.82, 2.24) is 15.2 Å². The summed E-state index contributed by atoms with van der Waals surface area (Å²) >= 11 is 5.83. The Morgan fingerprint density at radius 2 is 1.92 bits per heavy atom. The zero-order valence-corrected chi connectivity index (χ0v) is 15.7. The maximum atomic E-state index is 12.2. The first-order valence-corrected chi connectivity index (χ1v) is 9.54. The van der Waals surface area contributed by atoms with Crippen molar-refractivity contribution in [3.8, 4) is 0 Å². The molecule has 0 aliphatic heterocycles. The Bertz CT molecular complexity index is 827. The third kappa shape index (κ3) is 5.04. The second-order valence-electron chi connectivity index (χ2n) is 5.64. The molecule has 1 amide bonds. The summed E-state index contributed by atoms with van der Waals surface area (Å²) in [4.78, 5) is 12.0. The predicted molar refractivity (Wildman–Crippen MR) is 93.8 cm³/mol. The molecule has 2 rings (SSSR count). The number of sulfonamides is 1. The van der Waals surface area contributed by atoms with E-state index in [9.17, 15) is 13.2 Å². The molecule has 0 aliphatic rings. The van der Waals surface area contributed by atoms with Gasteiger partial charge in [0.15, 0.2) is 5.76 Å². The van der Waals surface area contributed by atoms with Crippen LogP contribution in [0.3, 0.4) is 0 Å². The summed E-state index contributed by atoms with van der Waals surface area (Å²) in [6.45, 7) is 4.89. The van der Waals surface area contributed by atoms with E-state index >= 15 is 0 Å². The van der Waals surface area contributed by atoms with E-state index in [2.05, 4.69) is 15.2 Å². The molecule has 1 heterocycles. The largest absolute Gasteiger partial charge is 0.360 e. The van der Waals surface area contributed by atoms with E-state index in [1.54, 1.807) is 19.1 Å². The SMILES string of the molecule is Cc1noc(C)c1S(=O)(=O)NCCC(=O)N[C@@H](C)c1ccc(Cl)cc1. The number of nitrogens with zero attached hydrogens (tertiary/aromatic N) is 1. The molecule has 0 aliphatic carbocycles. The van der Waals surface area contributed by atoms with Gasteiger partial charge in [0.1, 0.15) is 10.6 Å². The maximum Gasteiger partial charge on any atom is 0.245 e. The first kappa shape index (κ1) is 19.4. The smallest absolute Gasteiger partial charge is 0.245 e. The van der Waals surface area contributed by atoms with Crippen molar-refractivity contribution in [2.45, 2.75) is 38.1 Å². The molecule has 136 valence electrons. The van der Waals surface area contributed by atoms with Crippen LogP contribution in [0, 0.1) is 13.8 Å². The monoisotopic (exact) mass is 385 g/mol. The summed E-state index contributed by atoms with van der Waals surface area (Å²) in [5.41, 5.74) is 1.19. The van der Waals surface area contributed by atoms with Crippen LogP contribution in [0.15, 0.2) is 33.7 Å². The lowest BCUT2D eigenvalue weighted by molar-refractivity contribution is -0.121. The van der Waals surface area contributed by atoms with Gasteiger partial charge in [-0.2, -0.15) is 0 Å². The van der Waals surface area contributed by atoms with Crippen LogP contribution in [0.1, 0.15) is 36.4 Å². The fourth-order valence-electron chi connectivity index (χ4n) is 2.38. The third-order valence-corrected chi connectivity index (χ3v) is 5.58. The standard InChI is InChI=1S/C16H20ClN3O4S/c1-10(13-4-6-14(17)7-5-13)19-15(21)8-9-18-25(22,23)16-11(2)20-24-12(16)3/h4-7,10,18H,8-9H2,1-3H3,(H,19,21)/t10-/m0/s1. The molecule has 7 nitrogen and oxygen atoms in total. The van der Waals surface area contributed by atoms with Crippen LogP contribution in [-0.4, -0.2) is 26.0 Å². The maximum absolute atomic E-state index is 12.2. The number of amides is 1. The van der Waals surface area contributed by atoms with Gasteiger partial charge in [0, 0.05) is 18.0 Å². The Morgan fingerprint density at radius 1 is 1.28 bits per heavy atom. The molecule has 0 unspecified atom stereocenters. The van der Waals surface area contributed by atoms with Crippen molar-refractivity contribution < 1.29 is 17.7 Å². The number of carbonyl (C=O) groups excluding carboxylic acids is 1. The van der Waals surface area contributed by atoms with Crippen molar-refractivity contribution in [2.75, 3.05) is 6.54 Å². The van der Waals surface area contributed by atoms with E-state index in [1.165, 1.54) is 6.92 Å². The first-order valence-electron chi connectivity index (χ1n) is 7.68. The molecule has 0 saturated carbocycles. The average molecular weight is 386 g/mol. The average Bonchev–Trinajstić information content (AvgIpc) is 2.87. The van der Waals surface area contributed by atoms with Gasteiger partial charge >= 0.3 is 0 Å². The van der Waals surface area contributed by atoms with E-state index in [4.69, 9.17) is 16.1 Å². The van der Waals surface area contributed by atoms with Gasteiger partial charge in [-0.15, -0.1) is 0 Å². The van der Waals surface area contributed by atoms with Crippen molar-refractivity contribution in [2.24, 2.45) is 0 Å². The van der Waals surface area contributed by atoms with Crippen LogP contribution < -0.4 is 10.0 Å². The molecule has 0 fully saturated rings. The Balaban J connectivity index is 1.87. The second kappa shape index (κ2) is 7.99. The zero-order chi connectivity index (χ0) is 18.6. The van der Waals surface area contributed by atoms with Crippen LogP contribution in [0.5, 0.6) is 0 Å². The van der Waals surface area contributed by atoms with Gasteiger partial charge < -0.3 is 9.84 Å². The molecule has 2 N–H and O–H groups in total. The molecular formula is C16H20ClN3O4S. The van der Waals surface area contributed by atoms with E-state index in [-0.39, 0.29) is 41.3 Å². The summed E-state index contributed by atoms with van der Waals surface area (Å²) < 4.78 is 31.7. The lowest BCUT2D eigenvalue weighted by Crippen LogP contribution is -2.32. The molecule has 0 saturated heterocycles. The Kier molecular flexibility index (Phi) is 6.21. The number of aryl methyl sites for hydroxylation is 2. The number of hydrogen-bond donors (Lipinski definition) is 2. The lowest BCUT2D eigenvalue weighted by atomic mass is 10.1. The normalized spacial score (nSPS) is 12.8. The molecule has 1 atom stereocenters. The van der Waals surface area contributed by atoms with Crippen LogP contribution in [0.4, 0.5) is 0 Å². The molecule has 1 aromatic carbocycles. The first-order chi connectivity index (χ1) is 11.7. The van der Waals surface area contributed by atoms with Gasteiger partial charge in [0.05, 0.1) is 6.04 Å². The van der Waals surface area contributed by atoms with Crippen LogP contribution in [0.2, 0.25) is 5.02 Å². The van der Waals surface area contributed by atoms with Gasteiger partial charge in [-0.05, 0) is 38.5 Å². The molecule has 0 radical (unpaired) electrons. The van der Waals surface area contributed by atoms with Crippen molar-refractivity contribution in [1.29, 1.82) is 0 Å². The highest BCUT2D eigenvalue weighted by molar-refractivity contribution is 7.89. The summed E-state index contributed by atoms with van der Waals surface area (Å²) in [7, 11) is -3.76. The summed E-state index contributed by atoms with van der Waals surface area (Å²) in [5.74, 6) is -0.0466. The van der Waals surface area contributed by atoms with E-state index < -0.39 is 10.0 Å². The van der Waals surface area contributed by atoms with Gasteiger partial charge in [0.2, 0.25) is 15.9 Å². The molecule has 9 heteroatoms.